The van der Waals surface area contributed by atoms with Crippen molar-refractivity contribution in [2.45, 2.75) is 25.8 Å². The molecule has 6 nitrogen and oxygen atoms in total. The number of nitrogens with one attached hydrogen (secondary N) is 1. The molecule has 1 aliphatic rings. The Bertz CT molecular complexity index is 866. The van der Waals surface area contributed by atoms with Gasteiger partial charge in [0, 0.05) is 24.5 Å². The lowest BCUT2D eigenvalue weighted by molar-refractivity contribution is 0.102. The van der Waals surface area contributed by atoms with Crippen molar-refractivity contribution in [1.29, 1.82) is 0 Å². The number of benzene rings is 1. The molecule has 126 valence electrons. The van der Waals surface area contributed by atoms with Crippen LogP contribution in [0.15, 0.2) is 54.9 Å². The quantitative estimate of drug-likeness (QED) is 0.790. The van der Waals surface area contributed by atoms with Gasteiger partial charge in [-0.15, -0.1) is 0 Å². The molecule has 1 aliphatic heterocycles. The number of hydrogen-bond acceptors (Lipinski definition) is 4. The van der Waals surface area contributed by atoms with Crippen LogP contribution in [0, 0.1) is 0 Å². The average molecular weight is 334 g/mol. The van der Waals surface area contributed by atoms with E-state index in [0.717, 1.165) is 25.1 Å². The van der Waals surface area contributed by atoms with Gasteiger partial charge in [0.15, 0.2) is 11.6 Å². The van der Waals surface area contributed by atoms with Crippen LogP contribution in [0.5, 0.6) is 11.5 Å². The van der Waals surface area contributed by atoms with Gasteiger partial charge in [-0.2, -0.15) is 5.10 Å². The fourth-order valence-electron chi connectivity index (χ4n) is 2.93. The zero-order valence-electron chi connectivity index (χ0n) is 13.7. The molecular formula is C19H18N4O2. The molecule has 0 atom stereocenters. The molecule has 6 heteroatoms. The van der Waals surface area contributed by atoms with Crippen molar-refractivity contribution in [1.82, 2.24) is 14.8 Å². The summed E-state index contributed by atoms with van der Waals surface area (Å²) in [4.78, 5) is 16.7. The van der Waals surface area contributed by atoms with Crippen molar-refractivity contribution in [2.75, 3.05) is 5.32 Å². The average Bonchev–Trinajstić information content (AvgIpc) is 3.05. The molecule has 0 unspecified atom stereocenters. The van der Waals surface area contributed by atoms with Crippen LogP contribution in [0.25, 0.3) is 0 Å². The second-order valence-corrected chi connectivity index (χ2v) is 5.94. The van der Waals surface area contributed by atoms with Crippen LogP contribution in [0.3, 0.4) is 0 Å². The largest absolute Gasteiger partial charge is 0.455 e. The number of aromatic nitrogens is 3. The molecule has 3 aromatic rings. The molecule has 0 saturated carbocycles. The van der Waals surface area contributed by atoms with E-state index < -0.39 is 0 Å². The van der Waals surface area contributed by atoms with Gasteiger partial charge in [0.25, 0.3) is 5.91 Å². The summed E-state index contributed by atoms with van der Waals surface area (Å²) >= 11 is 0. The van der Waals surface area contributed by atoms with Crippen molar-refractivity contribution < 1.29 is 9.53 Å². The predicted molar refractivity (Wildman–Crippen MR) is 93.9 cm³/mol. The van der Waals surface area contributed by atoms with Crippen molar-refractivity contribution in [3.63, 3.8) is 0 Å². The fraction of sp³-hybridized carbons (Fsp3) is 0.211. The summed E-state index contributed by atoms with van der Waals surface area (Å²) in [6.07, 6.45) is 6.41. The molecule has 2 aromatic heterocycles. The van der Waals surface area contributed by atoms with Crippen LogP contribution < -0.4 is 10.1 Å². The summed E-state index contributed by atoms with van der Waals surface area (Å²) in [6.45, 7) is 0.906. The smallest absolute Gasteiger partial charge is 0.260 e. The van der Waals surface area contributed by atoms with Crippen molar-refractivity contribution in [3.8, 4) is 11.5 Å². The first-order chi connectivity index (χ1) is 12.3. The zero-order valence-corrected chi connectivity index (χ0v) is 13.7. The summed E-state index contributed by atoms with van der Waals surface area (Å²) in [5.41, 5.74) is 1.59. The monoisotopic (exact) mass is 334 g/mol. The summed E-state index contributed by atoms with van der Waals surface area (Å²) in [5.74, 6) is 1.38. The number of amides is 1. The molecule has 3 heterocycles. The van der Waals surface area contributed by atoms with E-state index >= 15 is 0 Å². The number of pyridine rings is 1. The van der Waals surface area contributed by atoms with E-state index in [1.54, 1.807) is 18.5 Å². The van der Waals surface area contributed by atoms with E-state index in [-0.39, 0.29) is 5.91 Å². The maximum absolute atomic E-state index is 12.7. The molecule has 0 aliphatic carbocycles. The minimum absolute atomic E-state index is 0.260. The van der Waals surface area contributed by atoms with Crippen LogP contribution in [0.2, 0.25) is 0 Å². The number of hydrogen-bond donors (Lipinski definition) is 1. The lowest BCUT2D eigenvalue weighted by atomic mass is 10.1. The van der Waals surface area contributed by atoms with Crippen molar-refractivity contribution >= 4 is 11.7 Å². The first-order valence-electron chi connectivity index (χ1n) is 8.34. The number of nitrogens with zero attached hydrogens (tertiary/aromatic N) is 3. The Balaban J connectivity index is 1.55. The number of para-hydroxylation sites is 1. The van der Waals surface area contributed by atoms with E-state index in [4.69, 9.17) is 4.74 Å². The van der Waals surface area contributed by atoms with Gasteiger partial charge in [0.1, 0.15) is 5.75 Å². The third-order valence-electron chi connectivity index (χ3n) is 4.16. The topological polar surface area (TPSA) is 69.0 Å². The highest BCUT2D eigenvalue weighted by Crippen LogP contribution is 2.25. The normalized spacial score (nSPS) is 13.1. The van der Waals surface area contributed by atoms with Crippen LogP contribution in [-0.4, -0.2) is 20.7 Å². The minimum atomic E-state index is -0.260. The summed E-state index contributed by atoms with van der Waals surface area (Å²) in [7, 11) is 0. The van der Waals surface area contributed by atoms with Crippen LogP contribution in [-0.2, 0) is 13.0 Å². The van der Waals surface area contributed by atoms with E-state index in [0.29, 0.717) is 22.9 Å². The Labute approximate surface area is 145 Å². The predicted octanol–water partition coefficient (Wildman–Crippen LogP) is 3.66. The van der Waals surface area contributed by atoms with E-state index in [1.165, 1.54) is 6.42 Å². The van der Waals surface area contributed by atoms with Gasteiger partial charge in [0.05, 0.1) is 11.8 Å². The van der Waals surface area contributed by atoms with E-state index in [1.807, 2.05) is 41.1 Å². The van der Waals surface area contributed by atoms with E-state index in [9.17, 15) is 4.79 Å². The standard InChI is InChI=1S/C19H18N4O2/c24-19(21-18-12-14-6-4-5-11-23(14)22-18)16-9-10-20-13-17(16)25-15-7-2-1-3-8-15/h1-3,7-10,12-13H,4-6,11H2,(H,21,22,24). The van der Waals surface area contributed by atoms with Gasteiger partial charge >= 0.3 is 0 Å². The molecule has 25 heavy (non-hydrogen) atoms. The first kappa shape index (κ1) is 15.4. The van der Waals surface area contributed by atoms with Gasteiger partial charge in [-0.1, -0.05) is 18.2 Å². The second kappa shape index (κ2) is 6.76. The Kier molecular flexibility index (Phi) is 4.16. The highest BCUT2D eigenvalue weighted by atomic mass is 16.5. The van der Waals surface area contributed by atoms with Gasteiger partial charge in [0.2, 0.25) is 0 Å². The first-order valence-corrected chi connectivity index (χ1v) is 8.34. The summed E-state index contributed by atoms with van der Waals surface area (Å²) < 4.78 is 7.77. The number of fused-ring (bicyclic) bond motifs is 1. The molecule has 1 amide bonds. The Morgan fingerprint density at radius 1 is 1.16 bits per heavy atom. The maximum Gasteiger partial charge on any atom is 0.260 e. The lowest BCUT2D eigenvalue weighted by Crippen LogP contribution is -2.14. The molecule has 0 bridgehead atoms. The maximum atomic E-state index is 12.7. The Hall–Kier alpha value is -3.15. The Morgan fingerprint density at radius 3 is 2.88 bits per heavy atom. The highest BCUT2D eigenvalue weighted by molar-refractivity contribution is 6.05. The SMILES string of the molecule is O=C(Nc1cc2n(n1)CCCC2)c1ccncc1Oc1ccccc1. The molecule has 0 radical (unpaired) electrons. The third kappa shape index (κ3) is 3.38. The molecule has 1 aromatic carbocycles. The van der Waals surface area contributed by atoms with Gasteiger partial charge in [-0.3, -0.25) is 14.5 Å². The number of aryl methyl sites for hydroxylation is 2. The number of carbonyl (C=O) groups is 1. The van der Waals surface area contributed by atoms with Crippen LogP contribution in [0.1, 0.15) is 28.9 Å². The highest BCUT2D eigenvalue weighted by Gasteiger charge is 2.17. The molecule has 4 rings (SSSR count). The van der Waals surface area contributed by atoms with Gasteiger partial charge in [-0.25, -0.2) is 0 Å². The van der Waals surface area contributed by atoms with Crippen LogP contribution >= 0.6 is 0 Å². The molecule has 1 N–H and O–H groups in total. The van der Waals surface area contributed by atoms with Crippen molar-refractivity contribution in [2.24, 2.45) is 0 Å². The lowest BCUT2D eigenvalue weighted by Gasteiger charge is -2.11. The fourth-order valence-corrected chi connectivity index (χ4v) is 2.93. The van der Waals surface area contributed by atoms with Gasteiger partial charge < -0.3 is 10.1 Å². The van der Waals surface area contributed by atoms with E-state index in [2.05, 4.69) is 15.4 Å². The number of carbonyl (C=O) groups excluding carboxylic acids is 1. The molecular weight excluding hydrogens is 316 g/mol. The zero-order chi connectivity index (χ0) is 17.1. The summed E-state index contributed by atoms with van der Waals surface area (Å²) in [6, 6.07) is 12.9. The third-order valence-corrected chi connectivity index (χ3v) is 4.16. The Morgan fingerprint density at radius 2 is 2.04 bits per heavy atom. The van der Waals surface area contributed by atoms with Crippen LogP contribution in [0.4, 0.5) is 5.82 Å². The molecule has 0 saturated heterocycles. The molecule has 0 spiro atoms. The van der Waals surface area contributed by atoms with Gasteiger partial charge in [-0.05, 0) is 37.5 Å². The number of ether oxygens (including phenoxy) is 1. The second-order valence-electron chi connectivity index (χ2n) is 5.94. The minimum Gasteiger partial charge on any atom is -0.455 e. The number of rotatable bonds is 4. The summed E-state index contributed by atoms with van der Waals surface area (Å²) in [5, 5.41) is 7.32. The van der Waals surface area contributed by atoms with Crippen molar-refractivity contribution in [3.05, 3.63) is 66.1 Å². The molecule has 0 fully saturated rings. The number of anilines is 1.